The molecule has 82 valence electrons. The van der Waals surface area contributed by atoms with E-state index >= 15 is 0 Å². The molecular weight excluding hydrogens is 216 g/mol. The molecule has 0 saturated heterocycles. The molecule has 2 heterocycles. The maximum Gasteiger partial charge on any atom is 0.137 e. The monoisotopic (exact) mass is 224 g/mol. The van der Waals surface area contributed by atoms with E-state index in [9.17, 15) is 0 Å². The quantitative estimate of drug-likeness (QED) is 0.705. The molecule has 0 atom stereocenters. The Morgan fingerprint density at radius 2 is 2.35 bits per heavy atom. The van der Waals surface area contributed by atoms with E-state index in [4.69, 9.17) is 5.26 Å². The number of hydrogen-bond acceptors (Lipinski definition) is 4. The molecule has 0 aliphatic carbocycles. The van der Waals surface area contributed by atoms with Gasteiger partial charge in [-0.15, -0.1) is 0 Å². The number of H-pyrrole nitrogens is 1. The highest BCUT2D eigenvalue weighted by molar-refractivity contribution is 5.76. The Morgan fingerprint density at radius 3 is 3.12 bits per heavy atom. The van der Waals surface area contributed by atoms with Crippen LogP contribution in [0.3, 0.4) is 0 Å². The first-order valence-corrected chi connectivity index (χ1v) is 5.06. The number of hydrogen-bond donors (Lipinski definition) is 1. The third-order valence-electron chi connectivity index (χ3n) is 2.44. The average Bonchev–Trinajstić information content (AvgIpc) is 2.96. The molecule has 6 heteroatoms. The summed E-state index contributed by atoms with van der Waals surface area (Å²) in [5.74, 6) is 0.792. The number of imidazole rings is 1. The van der Waals surface area contributed by atoms with E-state index < -0.39 is 0 Å². The van der Waals surface area contributed by atoms with E-state index in [0.29, 0.717) is 12.1 Å². The van der Waals surface area contributed by atoms with Gasteiger partial charge in [0.25, 0.3) is 0 Å². The molecule has 6 nitrogen and oxygen atoms in total. The summed E-state index contributed by atoms with van der Waals surface area (Å²) in [5, 5.41) is 12.8. The number of fused-ring (bicyclic) bond motifs is 1. The van der Waals surface area contributed by atoms with E-state index in [-0.39, 0.29) is 0 Å². The molecule has 0 aliphatic heterocycles. The second-order valence-electron chi connectivity index (χ2n) is 3.62. The molecule has 1 aromatic carbocycles. The van der Waals surface area contributed by atoms with Crippen LogP contribution in [0.25, 0.3) is 11.0 Å². The zero-order valence-corrected chi connectivity index (χ0v) is 8.83. The van der Waals surface area contributed by atoms with Crippen LogP contribution >= 0.6 is 0 Å². The van der Waals surface area contributed by atoms with Crippen molar-refractivity contribution in [1.82, 2.24) is 24.7 Å². The largest absolute Gasteiger partial charge is 0.340 e. The molecule has 1 N–H and O–H groups in total. The minimum atomic E-state index is 0.538. The standard InChI is InChI=1S/C11H8N6/c12-4-8-1-2-9-10(3-8)16-11(15-9)5-17-7-13-6-14-17/h1-3,6-7H,5H2,(H,15,16). The van der Waals surface area contributed by atoms with Crippen LogP contribution in [-0.2, 0) is 6.54 Å². The van der Waals surface area contributed by atoms with Gasteiger partial charge in [-0.1, -0.05) is 0 Å². The normalized spacial score (nSPS) is 10.5. The van der Waals surface area contributed by atoms with Gasteiger partial charge in [-0.2, -0.15) is 10.4 Å². The molecule has 3 aromatic rings. The van der Waals surface area contributed by atoms with Gasteiger partial charge in [0, 0.05) is 0 Å². The van der Waals surface area contributed by atoms with Crippen LogP contribution < -0.4 is 0 Å². The second kappa shape index (κ2) is 3.72. The molecule has 0 saturated carbocycles. The summed E-state index contributed by atoms with van der Waals surface area (Å²) in [6, 6.07) is 7.46. The highest BCUT2D eigenvalue weighted by Gasteiger charge is 2.04. The summed E-state index contributed by atoms with van der Waals surface area (Å²) in [7, 11) is 0. The molecule has 2 aromatic heterocycles. The molecule has 0 radical (unpaired) electrons. The summed E-state index contributed by atoms with van der Waals surface area (Å²) < 4.78 is 1.68. The summed E-state index contributed by atoms with van der Waals surface area (Å²) in [4.78, 5) is 11.4. The fourth-order valence-corrected chi connectivity index (χ4v) is 1.67. The van der Waals surface area contributed by atoms with Crippen LogP contribution in [0.2, 0.25) is 0 Å². The van der Waals surface area contributed by atoms with Crippen LogP contribution in [0.1, 0.15) is 11.4 Å². The molecule has 0 unspecified atom stereocenters. The van der Waals surface area contributed by atoms with Crippen LogP contribution in [0.5, 0.6) is 0 Å². The van der Waals surface area contributed by atoms with Gasteiger partial charge in [0.2, 0.25) is 0 Å². The minimum Gasteiger partial charge on any atom is -0.340 e. The Kier molecular flexibility index (Phi) is 2.09. The third-order valence-corrected chi connectivity index (χ3v) is 2.44. The highest BCUT2D eigenvalue weighted by atomic mass is 15.3. The SMILES string of the molecule is N#Cc1ccc2nc(Cn3cncn3)[nH]c2c1. The lowest BCUT2D eigenvalue weighted by molar-refractivity contribution is 0.661. The van der Waals surface area contributed by atoms with Crippen molar-refractivity contribution in [3.63, 3.8) is 0 Å². The summed E-state index contributed by atoms with van der Waals surface area (Å²) in [5.41, 5.74) is 2.33. The Balaban J connectivity index is 1.99. The van der Waals surface area contributed by atoms with E-state index in [1.54, 1.807) is 23.1 Å². The summed E-state index contributed by atoms with van der Waals surface area (Å²) >= 11 is 0. The molecule has 0 amide bonds. The van der Waals surface area contributed by atoms with Gasteiger partial charge in [0.05, 0.1) is 22.7 Å². The predicted octanol–water partition coefficient (Wildman–Crippen LogP) is 1.07. The van der Waals surface area contributed by atoms with Gasteiger partial charge in [0.1, 0.15) is 25.0 Å². The van der Waals surface area contributed by atoms with Crippen molar-refractivity contribution in [2.75, 3.05) is 0 Å². The lowest BCUT2D eigenvalue weighted by atomic mass is 10.2. The smallest absolute Gasteiger partial charge is 0.137 e. The summed E-state index contributed by atoms with van der Waals surface area (Å²) in [6.07, 6.45) is 3.12. The Bertz CT molecular complexity index is 688. The van der Waals surface area contributed by atoms with Gasteiger partial charge >= 0.3 is 0 Å². The fourth-order valence-electron chi connectivity index (χ4n) is 1.67. The Morgan fingerprint density at radius 1 is 1.41 bits per heavy atom. The molecule has 3 rings (SSSR count). The van der Waals surface area contributed by atoms with Gasteiger partial charge in [0.15, 0.2) is 0 Å². The number of aromatic nitrogens is 5. The zero-order valence-electron chi connectivity index (χ0n) is 8.83. The van der Waals surface area contributed by atoms with Crippen molar-refractivity contribution in [1.29, 1.82) is 5.26 Å². The lowest BCUT2D eigenvalue weighted by Gasteiger charge is -1.94. The highest BCUT2D eigenvalue weighted by Crippen LogP contribution is 2.13. The van der Waals surface area contributed by atoms with Gasteiger partial charge in [-0.05, 0) is 18.2 Å². The minimum absolute atomic E-state index is 0.538. The molecule has 0 fully saturated rings. The number of nitriles is 1. The second-order valence-corrected chi connectivity index (χ2v) is 3.62. The first kappa shape index (κ1) is 9.54. The Labute approximate surface area is 96.5 Å². The maximum atomic E-state index is 8.80. The maximum absolute atomic E-state index is 8.80. The van der Waals surface area contributed by atoms with Crippen molar-refractivity contribution >= 4 is 11.0 Å². The molecular formula is C11H8N6. The first-order valence-electron chi connectivity index (χ1n) is 5.06. The van der Waals surface area contributed by atoms with E-state index in [1.807, 2.05) is 6.07 Å². The van der Waals surface area contributed by atoms with Gasteiger partial charge in [-0.3, -0.25) is 0 Å². The van der Waals surface area contributed by atoms with Crippen LogP contribution in [0.15, 0.2) is 30.9 Å². The molecule has 0 aliphatic rings. The van der Waals surface area contributed by atoms with Crippen LogP contribution in [-0.4, -0.2) is 24.7 Å². The fraction of sp³-hybridized carbons (Fsp3) is 0.0909. The number of rotatable bonds is 2. The molecule has 0 bridgehead atoms. The zero-order chi connectivity index (χ0) is 11.7. The average molecular weight is 224 g/mol. The van der Waals surface area contributed by atoms with Crippen LogP contribution in [0, 0.1) is 11.3 Å². The number of nitrogens with zero attached hydrogens (tertiary/aromatic N) is 5. The number of nitrogens with one attached hydrogen (secondary N) is 1. The van der Waals surface area contributed by atoms with Crippen molar-refractivity contribution < 1.29 is 0 Å². The van der Waals surface area contributed by atoms with Crippen molar-refractivity contribution in [2.45, 2.75) is 6.54 Å². The Hall–Kier alpha value is -2.68. The predicted molar refractivity (Wildman–Crippen MR) is 59.9 cm³/mol. The van der Waals surface area contributed by atoms with E-state index in [0.717, 1.165) is 16.9 Å². The number of benzene rings is 1. The number of aromatic amines is 1. The van der Waals surface area contributed by atoms with Crippen molar-refractivity contribution in [3.05, 3.63) is 42.2 Å². The molecule has 17 heavy (non-hydrogen) atoms. The van der Waals surface area contributed by atoms with Gasteiger partial charge in [-0.25, -0.2) is 14.6 Å². The summed E-state index contributed by atoms with van der Waals surface area (Å²) in [6.45, 7) is 0.538. The topological polar surface area (TPSA) is 83.2 Å². The van der Waals surface area contributed by atoms with E-state index in [1.165, 1.54) is 6.33 Å². The van der Waals surface area contributed by atoms with E-state index in [2.05, 4.69) is 26.1 Å². The third kappa shape index (κ3) is 1.74. The van der Waals surface area contributed by atoms with Crippen molar-refractivity contribution in [3.8, 4) is 6.07 Å². The first-order chi connectivity index (χ1) is 8.35. The van der Waals surface area contributed by atoms with Crippen LogP contribution in [0.4, 0.5) is 0 Å². The lowest BCUT2D eigenvalue weighted by Crippen LogP contribution is -2.01. The van der Waals surface area contributed by atoms with Crippen molar-refractivity contribution in [2.24, 2.45) is 0 Å². The van der Waals surface area contributed by atoms with Gasteiger partial charge < -0.3 is 4.98 Å². The molecule has 0 spiro atoms.